The van der Waals surface area contributed by atoms with E-state index in [0.29, 0.717) is 5.56 Å². The third-order valence-corrected chi connectivity index (χ3v) is 4.20. The van der Waals surface area contributed by atoms with E-state index in [-0.39, 0.29) is 5.84 Å². The first kappa shape index (κ1) is 12.8. The van der Waals surface area contributed by atoms with Gasteiger partial charge in [-0.3, -0.25) is 0 Å². The molecule has 2 aromatic rings. The minimum absolute atomic E-state index is 0.119. The van der Waals surface area contributed by atoms with Crippen LogP contribution in [0.25, 0.3) is 0 Å². The summed E-state index contributed by atoms with van der Waals surface area (Å²) in [4.78, 5) is 4.28. The minimum atomic E-state index is 0.119. The van der Waals surface area contributed by atoms with Gasteiger partial charge < -0.3 is 10.9 Å². The van der Waals surface area contributed by atoms with Gasteiger partial charge in [0, 0.05) is 11.3 Å². The maximum atomic E-state index is 8.63. The van der Waals surface area contributed by atoms with Gasteiger partial charge in [0.05, 0.1) is 0 Å². The predicted molar refractivity (Wildman–Crippen MR) is 73.2 cm³/mol. The van der Waals surface area contributed by atoms with E-state index >= 15 is 0 Å². The summed E-state index contributed by atoms with van der Waals surface area (Å²) in [6, 6.07) is 7.58. The van der Waals surface area contributed by atoms with Gasteiger partial charge in [-0.2, -0.15) is 4.37 Å². The van der Waals surface area contributed by atoms with E-state index in [4.69, 9.17) is 10.9 Å². The van der Waals surface area contributed by atoms with Crippen LogP contribution in [-0.2, 0) is 5.75 Å². The smallest absolute Gasteiger partial charge is 0.170 e. The van der Waals surface area contributed by atoms with Crippen LogP contribution in [0.2, 0.25) is 0 Å². The zero-order valence-electron chi connectivity index (χ0n) is 9.70. The number of benzene rings is 1. The summed E-state index contributed by atoms with van der Waals surface area (Å²) in [6.45, 7) is 1.87. The number of nitrogens with two attached hydrogens (primary N) is 1. The molecule has 3 N–H and O–H groups in total. The predicted octanol–water partition coefficient (Wildman–Crippen LogP) is 2.23. The number of hydrogen-bond donors (Lipinski definition) is 2. The number of rotatable bonds is 4. The van der Waals surface area contributed by atoms with Gasteiger partial charge >= 0.3 is 0 Å². The molecule has 0 saturated heterocycles. The molecule has 0 atom stereocenters. The Balaban J connectivity index is 2.05. The zero-order chi connectivity index (χ0) is 13.0. The van der Waals surface area contributed by atoms with Crippen molar-refractivity contribution >= 4 is 29.1 Å². The lowest BCUT2D eigenvalue weighted by atomic mass is 10.1. The maximum Gasteiger partial charge on any atom is 0.170 e. The average Bonchev–Trinajstić information content (AvgIpc) is 2.81. The Morgan fingerprint density at radius 1 is 1.56 bits per heavy atom. The van der Waals surface area contributed by atoms with Crippen LogP contribution in [0.4, 0.5) is 0 Å². The van der Waals surface area contributed by atoms with Crippen molar-refractivity contribution in [1.29, 1.82) is 0 Å². The van der Waals surface area contributed by atoms with Crippen molar-refractivity contribution in [2.75, 3.05) is 0 Å². The molecule has 0 spiro atoms. The van der Waals surface area contributed by atoms with Crippen molar-refractivity contribution in [3.63, 3.8) is 0 Å². The molecule has 7 heteroatoms. The number of hydrogen-bond acceptors (Lipinski definition) is 6. The van der Waals surface area contributed by atoms with Crippen LogP contribution < -0.4 is 5.73 Å². The Morgan fingerprint density at radius 2 is 2.39 bits per heavy atom. The third-order valence-electron chi connectivity index (χ3n) is 2.20. The molecular weight excluding hydrogens is 268 g/mol. The fourth-order valence-corrected chi connectivity index (χ4v) is 2.95. The van der Waals surface area contributed by atoms with Crippen molar-refractivity contribution in [1.82, 2.24) is 9.36 Å². The molecule has 0 radical (unpaired) electrons. The number of amidine groups is 1. The Kier molecular flexibility index (Phi) is 4.16. The average molecular weight is 280 g/mol. The number of aromatic nitrogens is 2. The number of aryl methyl sites for hydroxylation is 1. The second kappa shape index (κ2) is 5.83. The van der Waals surface area contributed by atoms with Crippen molar-refractivity contribution < 1.29 is 5.21 Å². The molecule has 2 rings (SSSR count). The van der Waals surface area contributed by atoms with E-state index < -0.39 is 0 Å². The molecule has 0 aliphatic carbocycles. The Morgan fingerprint density at radius 3 is 3.06 bits per heavy atom. The van der Waals surface area contributed by atoms with Crippen molar-refractivity contribution in [2.24, 2.45) is 10.9 Å². The van der Waals surface area contributed by atoms with Gasteiger partial charge in [-0.25, -0.2) is 4.98 Å². The summed E-state index contributed by atoms with van der Waals surface area (Å²) in [5, 5.41) is 11.6. The molecule has 5 nitrogen and oxygen atoms in total. The highest BCUT2D eigenvalue weighted by molar-refractivity contribution is 8.00. The maximum absolute atomic E-state index is 8.63. The van der Waals surface area contributed by atoms with E-state index in [2.05, 4.69) is 14.5 Å². The van der Waals surface area contributed by atoms with Gasteiger partial charge in [0.1, 0.15) is 5.82 Å². The van der Waals surface area contributed by atoms with Crippen molar-refractivity contribution in [3.05, 3.63) is 41.2 Å². The fraction of sp³-hybridized carbons (Fsp3) is 0.182. The van der Waals surface area contributed by atoms with Crippen LogP contribution in [0.3, 0.4) is 0 Å². The van der Waals surface area contributed by atoms with E-state index in [1.165, 1.54) is 11.5 Å². The van der Waals surface area contributed by atoms with E-state index in [0.717, 1.165) is 21.5 Å². The first-order valence-electron chi connectivity index (χ1n) is 5.19. The topological polar surface area (TPSA) is 84.4 Å². The number of thioether (sulfide) groups is 1. The highest BCUT2D eigenvalue weighted by Gasteiger charge is 2.04. The zero-order valence-corrected chi connectivity index (χ0v) is 11.3. The SMILES string of the molecule is Cc1nsc(SCc2cccc(C(N)=NO)c2)n1. The molecule has 0 aliphatic heterocycles. The summed E-state index contributed by atoms with van der Waals surface area (Å²) in [6.07, 6.45) is 0. The summed E-state index contributed by atoms with van der Waals surface area (Å²) in [5.41, 5.74) is 7.35. The highest BCUT2D eigenvalue weighted by atomic mass is 32.2. The van der Waals surface area contributed by atoms with Crippen LogP contribution in [0.1, 0.15) is 17.0 Å². The second-order valence-electron chi connectivity index (χ2n) is 3.58. The Bertz CT molecular complexity index is 568. The van der Waals surface area contributed by atoms with E-state index in [9.17, 15) is 0 Å². The van der Waals surface area contributed by atoms with Gasteiger partial charge in [-0.1, -0.05) is 35.1 Å². The van der Waals surface area contributed by atoms with E-state index in [1.807, 2.05) is 25.1 Å². The van der Waals surface area contributed by atoms with Crippen LogP contribution in [0.15, 0.2) is 33.8 Å². The molecule has 0 bridgehead atoms. The van der Waals surface area contributed by atoms with Gasteiger partial charge in [0.2, 0.25) is 0 Å². The second-order valence-corrected chi connectivity index (χ2v) is 5.56. The summed E-state index contributed by atoms with van der Waals surface area (Å²) in [7, 11) is 0. The molecule has 0 amide bonds. The normalized spacial score (nSPS) is 11.7. The monoisotopic (exact) mass is 280 g/mol. The van der Waals surface area contributed by atoms with E-state index in [1.54, 1.807) is 17.8 Å². The highest BCUT2D eigenvalue weighted by Crippen LogP contribution is 2.24. The van der Waals surface area contributed by atoms with Gasteiger partial charge in [0.25, 0.3) is 0 Å². The molecule has 0 aliphatic rings. The van der Waals surface area contributed by atoms with Crippen LogP contribution >= 0.6 is 23.3 Å². The first-order chi connectivity index (χ1) is 8.69. The lowest BCUT2D eigenvalue weighted by Crippen LogP contribution is -2.13. The fourth-order valence-electron chi connectivity index (χ4n) is 1.36. The standard InChI is InChI=1S/C11H12N4OS2/c1-7-13-11(18-15-7)17-6-8-3-2-4-9(5-8)10(12)14-16/h2-5,16H,6H2,1H3,(H2,12,14). The quantitative estimate of drug-likeness (QED) is 0.295. The molecule has 1 heterocycles. The molecule has 94 valence electrons. The van der Waals surface area contributed by atoms with Crippen LogP contribution in [0.5, 0.6) is 0 Å². The lowest BCUT2D eigenvalue weighted by Gasteiger charge is -2.02. The van der Waals surface area contributed by atoms with Crippen LogP contribution in [0, 0.1) is 6.92 Å². The lowest BCUT2D eigenvalue weighted by molar-refractivity contribution is 0.318. The summed E-state index contributed by atoms with van der Waals surface area (Å²) < 4.78 is 5.07. The molecule has 1 aromatic heterocycles. The van der Waals surface area contributed by atoms with Crippen molar-refractivity contribution in [2.45, 2.75) is 17.0 Å². The van der Waals surface area contributed by atoms with Gasteiger partial charge in [-0.05, 0) is 30.1 Å². The molecule has 18 heavy (non-hydrogen) atoms. The molecular formula is C11H12N4OS2. The largest absolute Gasteiger partial charge is 0.409 e. The molecule has 0 unspecified atom stereocenters. The van der Waals surface area contributed by atoms with Crippen molar-refractivity contribution in [3.8, 4) is 0 Å². The number of oxime groups is 1. The molecule has 1 aromatic carbocycles. The number of nitrogens with zero attached hydrogens (tertiary/aromatic N) is 3. The molecule has 0 fully saturated rings. The Hall–Kier alpha value is -1.60. The van der Waals surface area contributed by atoms with Gasteiger partial charge in [-0.15, -0.1) is 0 Å². The first-order valence-corrected chi connectivity index (χ1v) is 6.95. The summed E-state index contributed by atoms with van der Waals surface area (Å²) >= 11 is 3.02. The minimum Gasteiger partial charge on any atom is -0.409 e. The van der Waals surface area contributed by atoms with Crippen LogP contribution in [-0.4, -0.2) is 20.4 Å². The van der Waals surface area contributed by atoms with Gasteiger partial charge in [0.15, 0.2) is 10.2 Å². The summed E-state index contributed by atoms with van der Waals surface area (Å²) in [5.74, 6) is 1.70. The molecule has 0 saturated carbocycles. The Labute approximate surface area is 113 Å². The third kappa shape index (κ3) is 3.21.